The first-order valence-electron chi connectivity index (χ1n) is 5.26. The summed E-state index contributed by atoms with van der Waals surface area (Å²) in [4.78, 5) is 0. The molecular formula is C12H17NO. The first-order valence-corrected chi connectivity index (χ1v) is 5.26. The lowest BCUT2D eigenvalue weighted by molar-refractivity contribution is 0.0452. The number of aliphatic hydroxyl groups is 1. The van der Waals surface area contributed by atoms with E-state index in [0.29, 0.717) is 0 Å². The summed E-state index contributed by atoms with van der Waals surface area (Å²) >= 11 is 0. The summed E-state index contributed by atoms with van der Waals surface area (Å²) < 4.78 is 0. The van der Waals surface area contributed by atoms with E-state index in [1.807, 2.05) is 31.3 Å². The predicted octanol–water partition coefficient (Wildman–Crippen LogP) is 2.49. The van der Waals surface area contributed by atoms with E-state index < -0.39 is 5.60 Å². The molecule has 2 heteroatoms. The van der Waals surface area contributed by atoms with Crippen molar-refractivity contribution in [3.63, 3.8) is 0 Å². The third-order valence-corrected chi connectivity index (χ3v) is 3.13. The Morgan fingerprint density at radius 1 is 1.21 bits per heavy atom. The number of rotatable bonds is 2. The van der Waals surface area contributed by atoms with Crippen molar-refractivity contribution in [3.8, 4) is 0 Å². The summed E-state index contributed by atoms with van der Waals surface area (Å²) in [5.41, 5.74) is 1.52. The van der Waals surface area contributed by atoms with E-state index in [1.54, 1.807) is 0 Å². The molecule has 0 aromatic heterocycles. The Balaban J connectivity index is 2.39. The molecule has 1 aromatic carbocycles. The maximum absolute atomic E-state index is 10.4. The van der Waals surface area contributed by atoms with Crippen LogP contribution >= 0.6 is 0 Å². The van der Waals surface area contributed by atoms with Crippen molar-refractivity contribution in [2.75, 3.05) is 12.4 Å². The standard InChI is InChI=1S/C12H17NO/c1-13-11-7-3-2-6-10(11)12(14)8-4-5-9-12/h2-3,6-7,13-14H,4-5,8-9H2,1H3. The molecule has 0 saturated heterocycles. The third kappa shape index (κ3) is 1.50. The fraction of sp³-hybridized carbons (Fsp3) is 0.500. The third-order valence-electron chi connectivity index (χ3n) is 3.13. The molecule has 14 heavy (non-hydrogen) atoms. The molecule has 2 N–H and O–H groups in total. The van der Waals surface area contributed by atoms with Crippen molar-refractivity contribution in [3.05, 3.63) is 29.8 Å². The van der Waals surface area contributed by atoms with Crippen LogP contribution in [0.4, 0.5) is 5.69 Å². The second-order valence-corrected chi connectivity index (χ2v) is 4.03. The van der Waals surface area contributed by atoms with E-state index in [9.17, 15) is 5.11 Å². The Kier molecular flexibility index (Phi) is 2.46. The number of hydrogen-bond donors (Lipinski definition) is 2. The van der Waals surface area contributed by atoms with Crippen LogP contribution < -0.4 is 5.32 Å². The molecule has 0 atom stereocenters. The number of hydrogen-bond acceptors (Lipinski definition) is 2. The van der Waals surface area contributed by atoms with Gasteiger partial charge < -0.3 is 10.4 Å². The monoisotopic (exact) mass is 191 g/mol. The summed E-state index contributed by atoms with van der Waals surface area (Å²) in [5, 5.41) is 13.6. The van der Waals surface area contributed by atoms with Crippen molar-refractivity contribution in [1.29, 1.82) is 0 Å². The molecule has 76 valence electrons. The van der Waals surface area contributed by atoms with Crippen LogP contribution in [0.2, 0.25) is 0 Å². The zero-order chi connectivity index (χ0) is 10.0. The molecule has 2 nitrogen and oxygen atoms in total. The smallest absolute Gasteiger partial charge is 0.0916 e. The SMILES string of the molecule is CNc1ccccc1C1(O)CCCC1. The van der Waals surface area contributed by atoms with Gasteiger partial charge in [-0.25, -0.2) is 0 Å². The second kappa shape index (κ2) is 3.62. The number of benzene rings is 1. The highest BCUT2D eigenvalue weighted by Crippen LogP contribution is 2.41. The summed E-state index contributed by atoms with van der Waals surface area (Å²) in [6.07, 6.45) is 4.06. The highest BCUT2D eigenvalue weighted by atomic mass is 16.3. The van der Waals surface area contributed by atoms with E-state index in [0.717, 1.165) is 36.9 Å². The molecule has 1 fully saturated rings. The number of para-hydroxylation sites is 1. The topological polar surface area (TPSA) is 32.3 Å². The quantitative estimate of drug-likeness (QED) is 0.752. The first kappa shape index (κ1) is 9.53. The van der Waals surface area contributed by atoms with Gasteiger partial charge in [0.25, 0.3) is 0 Å². The fourth-order valence-corrected chi connectivity index (χ4v) is 2.34. The van der Waals surface area contributed by atoms with Crippen LogP contribution in [0.3, 0.4) is 0 Å². The highest BCUT2D eigenvalue weighted by Gasteiger charge is 2.34. The van der Waals surface area contributed by atoms with Crippen molar-refractivity contribution >= 4 is 5.69 Å². The van der Waals surface area contributed by atoms with Crippen molar-refractivity contribution in [1.82, 2.24) is 0 Å². The lowest BCUT2D eigenvalue weighted by Crippen LogP contribution is -2.22. The molecule has 0 heterocycles. The summed E-state index contributed by atoms with van der Waals surface area (Å²) in [6, 6.07) is 8.03. The van der Waals surface area contributed by atoms with Gasteiger partial charge in [-0.3, -0.25) is 0 Å². The predicted molar refractivity (Wildman–Crippen MR) is 58.4 cm³/mol. The van der Waals surface area contributed by atoms with Gasteiger partial charge in [-0.15, -0.1) is 0 Å². The molecule has 1 aliphatic rings. The Bertz CT molecular complexity index is 316. The van der Waals surface area contributed by atoms with Crippen LogP contribution in [0.1, 0.15) is 31.2 Å². The lowest BCUT2D eigenvalue weighted by Gasteiger charge is -2.25. The molecule has 1 saturated carbocycles. The number of nitrogens with one attached hydrogen (secondary N) is 1. The van der Waals surface area contributed by atoms with Gasteiger partial charge in [-0.05, 0) is 18.9 Å². The Labute approximate surface area is 85.0 Å². The maximum Gasteiger partial charge on any atom is 0.0916 e. The zero-order valence-corrected chi connectivity index (χ0v) is 8.59. The minimum absolute atomic E-state index is 0.584. The highest BCUT2D eigenvalue weighted by molar-refractivity contribution is 5.53. The largest absolute Gasteiger partial charge is 0.388 e. The Morgan fingerprint density at radius 3 is 2.50 bits per heavy atom. The van der Waals surface area contributed by atoms with Crippen molar-refractivity contribution in [2.45, 2.75) is 31.3 Å². The van der Waals surface area contributed by atoms with Crippen LogP contribution in [0, 0.1) is 0 Å². The van der Waals surface area contributed by atoms with Gasteiger partial charge in [0.05, 0.1) is 5.60 Å². The van der Waals surface area contributed by atoms with Crippen LogP contribution in [0.5, 0.6) is 0 Å². The van der Waals surface area contributed by atoms with Crippen LogP contribution in [0.25, 0.3) is 0 Å². The lowest BCUT2D eigenvalue weighted by atomic mass is 9.91. The van der Waals surface area contributed by atoms with Crippen LogP contribution in [-0.2, 0) is 5.60 Å². The molecule has 0 aliphatic heterocycles. The summed E-state index contributed by atoms with van der Waals surface area (Å²) in [6.45, 7) is 0. The summed E-state index contributed by atoms with van der Waals surface area (Å²) in [5.74, 6) is 0. The molecule has 0 radical (unpaired) electrons. The molecular weight excluding hydrogens is 174 g/mol. The van der Waals surface area contributed by atoms with Gasteiger partial charge in [-0.1, -0.05) is 31.0 Å². The molecule has 1 aromatic rings. The average molecular weight is 191 g/mol. The Morgan fingerprint density at radius 2 is 1.86 bits per heavy atom. The van der Waals surface area contributed by atoms with Gasteiger partial charge in [0.15, 0.2) is 0 Å². The zero-order valence-electron chi connectivity index (χ0n) is 8.59. The minimum atomic E-state index is -0.584. The minimum Gasteiger partial charge on any atom is -0.388 e. The average Bonchev–Trinajstić information content (AvgIpc) is 2.66. The van der Waals surface area contributed by atoms with E-state index in [-0.39, 0.29) is 0 Å². The molecule has 0 unspecified atom stereocenters. The van der Waals surface area contributed by atoms with E-state index in [1.165, 1.54) is 0 Å². The molecule has 0 bridgehead atoms. The fourth-order valence-electron chi connectivity index (χ4n) is 2.34. The molecule has 1 aliphatic carbocycles. The Hall–Kier alpha value is -1.02. The normalized spacial score (nSPS) is 19.6. The van der Waals surface area contributed by atoms with Gasteiger partial charge in [0, 0.05) is 18.3 Å². The molecule has 2 rings (SSSR count). The summed E-state index contributed by atoms with van der Waals surface area (Å²) in [7, 11) is 1.90. The van der Waals surface area contributed by atoms with Gasteiger partial charge >= 0.3 is 0 Å². The van der Waals surface area contributed by atoms with Crippen molar-refractivity contribution < 1.29 is 5.11 Å². The maximum atomic E-state index is 10.4. The van der Waals surface area contributed by atoms with Gasteiger partial charge in [0.2, 0.25) is 0 Å². The van der Waals surface area contributed by atoms with E-state index >= 15 is 0 Å². The van der Waals surface area contributed by atoms with Gasteiger partial charge in [0.1, 0.15) is 0 Å². The van der Waals surface area contributed by atoms with E-state index in [4.69, 9.17) is 0 Å². The van der Waals surface area contributed by atoms with E-state index in [2.05, 4.69) is 5.32 Å². The number of anilines is 1. The first-order chi connectivity index (χ1) is 6.76. The van der Waals surface area contributed by atoms with Crippen molar-refractivity contribution in [2.24, 2.45) is 0 Å². The second-order valence-electron chi connectivity index (χ2n) is 4.03. The van der Waals surface area contributed by atoms with Crippen LogP contribution in [-0.4, -0.2) is 12.2 Å². The van der Waals surface area contributed by atoms with Crippen LogP contribution in [0.15, 0.2) is 24.3 Å². The van der Waals surface area contributed by atoms with Gasteiger partial charge in [-0.2, -0.15) is 0 Å². The molecule has 0 spiro atoms. The molecule has 0 amide bonds.